The third-order valence-corrected chi connectivity index (χ3v) is 2.95. The molecule has 2 rings (SSSR count). The summed E-state index contributed by atoms with van der Waals surface area (Å²) in [7, 11) is 0. The number of morpholine rings is 1. The Morgan fingerprint density at radius 3 is 2.62 bits per heavy atom. The summed E-state index contributed by atoms with van der Waals surface area (Å²) in [5.74, 6) is 0.112. The number of nitrogens with zero attached hydrogens (tertiary/aromatic N) is 2. The summed E-state index contributed by atoms with van der Waals surface area (Å²) in [5, 5.41) is 0. The number of ether oxygens (including phenoxy) is 1. The maximum atomic E-state index is 13.6. The van der Waals surface area contributed by atoms with Crippen LogP contribution in [0.5, 0.6) is 0 Å². The van der Waals surface area contributed by atoms with Gasteiger partial charge in [-0.05, 0) is 41.9 Å². The van der Waals surface area contributed by atoms with Crippen LogP contribution in [-0.2, 0) is 4.74 Å². The molecule has 1 fully saturated rings. The zero-order valence-electron chi connectivity index (χ0n) is 9.28. The Bertz CT molecular complexity index is 378. The third-order valence-electron chi connectivity index (χ3n) is 2.51. The molecule has 1 aliphatic rings. The second-order valence-electron chi connectivity index (χ2n) is 4.10. The molecule has 0 amide bonds. The highest BCUT2D eigenvalue weighted by molar-refractivity contribution is 9.10. The molecule has 1 aromatic rings. The van der Waals surface area contributed by atoms with E-state index in [-0.39, 0.29) is 18.0 Å². The quantitative estimate of drug-likeness (QED) is 0.743. The molecular formula is C11H14BrFN2O. The van der Waals surface area contributed by atoms with E-state index >= 15 is 0 Å². The first-order chi connectivity index (χ1) is 7.56. The van der Waals surface area contributed by atoms with Gasteiger partial charge in [0.2, 0.25) is 0 Å². The normalized spacial score (nSPS) is 25.9. The van der Waals surface area contributed by atoms with Crippen LogP contribution in [0.15, 0.2) is 16.7 Å². The molecule has 88 valence electrons. The lowest BCUT2D eigenvalue weighted by molar-refractivity contribution is -0.00565. The first-order valence-electron chi connectivity index (χ1n) is 5.28. The van der Waals surface area contributed by atoms with E-state index in [2.05, 4.69) is 20.9 Å². The summed E-state index contributed by atoms with van der Waals surface area (Å²) in [5.41, 5.74) is 0. The van der Waals surface area contributed by atoms with E-state index < -0.39 is 0 Å². The van der Waals surface area contributed by atoms with Crippen LogP contribution < -0.4 is 4.90 Å². The van der Waals surface area contributed by atoms with E-state index in [0.29, 0.717) is 23.5 Å². The summed E-state index contributed by atoms with van der Waals surface area (Å²) in [6.45, 7) is 5.31. The Morgan fingerprint density at radius 2 is 2.00 bits per heavy atom. The van der Waals surface area contributed by atoms with Gasteiger partial charge in [-0.1, -0.05) is 0 Å². The second-order valence-corrected chi connectivity index (χ2v) is 4.91. The number of hydrogen-bond acceptors (Lipinski definition) is 3. The molecular weight excluding hydrogens is 275 g/mol. The number of halogens is 2. The fourth-order valence-electron chi connectivity index (χ4n) is 1.98. The van der Waals surface area contributed by atoms with Gasteiger partial charge in [-0.15, -0.1) is 0 Å². The van der Waals surface area contributed by atoms with Gasteiger partial charge in [-0.3, -0.25) is 0 Å². The lowest BCUT2D eigenvalue weighted by atomic mass is 10.2. The zero-order chi connectivity index (χ0) is 11.7. The van der Waals surface area contributed by atoms with E-state index in [0.717, 1.165) is 0 Å². The largest absolute Gasteiger partial charge is 0.372 e. The molecule has 1 aliphatic heterocycles. The fourth-order valence-corrected chi connectivity index (χ4v) is 2.28. The van der Waals surface area contributed by atoms with Gasteiger partial charge in [0.15, 0.2) is 11.6 Å². The van der Waals surface area contributed by atoms with Crippen molar-refractivity contribution < 1.29 is 9.13 Å². The molecule has 2 heterocycles. The first kappa shape index (κ1) is 11.8. The minimum absolute atomic E-state index is 0.101. The Kier molecular flexibility index (Phi) is 3.44. The SMILES string of the molecule is C[C@@H]1CN(c2nc(Br)ccc2F)C[C@H](C)O1. The van der Waals surface area contributed by atoms with Crippen molar-refractivity contribution in [2.75, 3.05) is 18.0 Å². The van der Waals surface area contributed by atoms with Crippen LogP contribution in [0.4, 0.5) is 10.2 Å². The van der Waals surface area contributed by atoms with Crippen molar-refractivity contribution in [3.8, 4) is 0 Å². The predicted octanol–water partition coefficient (Wildman–Crippen LogP) is 2.60. The molecule has 0 spiro atoms. The van der Waals surface area contributed by atoms with E-state index in [1.165, 1.54) is 6.07 Å². The van der Waals surface area contributed by atoms with Crippen LogP contribution in [0.3, 0.4) is 0 Å². The molecule has 16 heavy (non-hydrogen) atoms. The third kappa shape index (κ3) is 2.52. The molecule has 5 heteroatoms. The number of pyridine rings is 1. The van der Waals surface area contributed by atoms with Crippen molar-refractivity contribution in [3.05, 3.63) is 22.6 Å². The van der Waals surface area contributed by atoms with Crippen molar-refractivity contribution in [2.45, 2.75) is 26.1 Å². The molecule has 0 N–H and O–H groups in total. The highest BCUT2D eigenvalue weighted by Crippen LogP contribution is 2.23. The van der Waals surface area contributed by atoms with Gasteiger partial charge >= 0.3 is 0 Å². The highest BCUT2D eigenvalue weighted by atomic mass is 79.9. The lowest BCUT2D eigenvalue weighted by Crippen LogP contribution is -2.46. The van der Waals surface area contributed by atoms with Crippen LogP contribution in [0.1, 0.15) is 13.8 Å². The molecule has 0 bridgehead atoms. The van der Waals surface area contributed by atoms with Crippen molar-refractivity contribution >= 4 is 21.7 Å². The Labute approximate surface area is 103 Å². The predicted molar refractivity (Wildman–Crippen MR) is 64.1 cm³/mol. The van der Waals surface area contributed by atoms with Crippen molar-refractivity contribution in [3.63, 3.8) is 0 Å². The average molecular weight is 289 g/mol. The van der Waals surface area contributed by atoms with E-state index in [1.54, 1.807) is 6.07 Å². The number of aromatic nitrogens is 1. The average Bonchev–Trinajstić information content (AvgIpc) is 2.20. The van der Waals surface area contributed by atoms with Crippen molar-refractivity contribution in [2.24, 2.45) is 0 Å². The van der Waals surface area contributed by atoms with Crippen molar-refractivity contribution in [1.82, 2.24) is 4.98 Å². The van der Waals surface area contributed by atoms with E-state index in [4.69, 9.17) is 4.74 Å². The van der Waals surface area contributed by atoms with Gasteiger partial charge in [0, 0.05) is 13.1 Å². The van der Waals surface area contributed by atoms with Crippen LogP contribution in [0, 0.1) is 5.82 Å². The van der Waals surface area contributed by atoms with Gasteiger partial charge in [0.05, 0.1) is 12.2 Å². The van der Waals surface area contributed by atoms with Gasteiger partial charge in [0.1, 0.15) is 4.60 Å². The summed E-state index contributed by atoms with van der Waals surface area (Å²) in [6.07, 6.45) is 0.202. The van der Waals surface area contributed by atoms with Crippen LogP contribution in [0.2, 0.25) is 0 Å². The van der Waals surface area contributed by atoms with Gasteiger partial charge < -0.3 is 9.64 Å². The molecule has 2 atom stereocenters. The Hall–Kier alpha value is -0.680. The Balaban J connectivity index is 2.25. The standard InChI is InChI=1S/C11H14BrFN2O/c1-7-5-15(6-8(2)16-7)11-9(13)3-4-10(12)14-11/h3-4,7-8H,5-6H2,1-2H3/t7-,8+. The van der Waals surface area contributed by atoms with E-state index in [1.807, 2.05) is 18.7 Å². The highest BCUT2D eigenvalue weighted by Gasteiger charge is 2.25. The maximum Gasteiger partial charge on any atom is 0.166 e. The lowest BCUT2D eigenvalue weighted by Gasteiger charge is -2.36. The first-order valence-corrected chi connectivity index (χ1v) is 6.08. The summed E-state index contributed by atoms with van der Waals surface area (Å²) >= 11 is 3.26. The molecule has 0 unspecified atom stereocenters. The topological polar surface area (TPSA) is 25.4 Å². The molecule has 0 aromatic carbocycles. The summed E-state index contributed by atoms with van der Waals surface area (Å²) < 4.78 is 19.9. The minimum atomic E-state index is -0.287. The van der Waals surface area contributed by atoms with Crippen LogP contribution in [-0.4, -0.2) is 30.3 Å². The summed E-state index contributed by atoms with van der Waals surface area (Å²) in [6, 6.07) is 3.03. The van der Waals surface area contributed by atoms with Gasteiger partial charge in [-0.25, -0.2) is 9.37 Å². The second kappa shape index (κ2) is 4.67. The number of hydrogen-bond donors (Lipinski definition) is 0. The molecule has 0 saturated carbocycles. The van der Waals surface area contributed by atoms with Gasteiger partial charge in [0.25, 0.3) is 0 Å². The monoisotopic (exact) mass is 288 g/mol. The summed E-state index contributed by atoms with van der Waals surface area (Å²) in [4.78, 5) is 6.11. The Morgan fingerprint density at radius 1 is 1.38 bits per heavy atom. The van der Waals surface area contributed by atoms with Crippen LogP contribution >= 0.6 is 15.9 Å². The molecule has 1 saturated heterocycles. The zero-order valence-corrected chi connectivity index (χ0v) is 10.9. The smallest absolute Gasteiger partial charge is 0.166 e. The van der Waals surface area contributed by atoms with Crippen molar-refractivity contribution in [1.29, 1.82) is 0 Å². The van der Waals surface area contributed by atoms with E-state index in [9.17, 15) is 4.39 Å². The molecule has 0 aliphatic carbocycles. The van der Waals surface area contributed by atoms with Crippen LogP contribution in [0.25, 0.3) is 0 Å². The molecule has 1 aromatic heterocycles. The minimum Gasteiger partial charge on any atom is -0.372 e. The number of rotatable bonds is 1. The van der Waals surface area contributed by atoms with Gasteiger partial charge in [-0.2, -0.15) is 0 Å². The maximum absolute atomic E-state index is 13.6. The molecule has 3 nitrogen and oxygen atoms in total. The number of anilines is 1. The molecule has 0 radical (unpaired) electrons. The fraction of sp³-hybridized carbons (Fsp3) is 0.545.